The van der Waals surface area contributed by atoms with Crippen molar-refractivity contribution in [1.29, 1.82) is 0 Å². The molecule has 1 N–H and O–H groups in total. The van der Waals surface area contributed by atoms with Gasteiger partial charge < -0.3 is 15.1 Å². The average molecular weight is 411 g/mol. The number of benzene rings is 1. The van der Waals surface area contributed by atoms with Crippen molar-refractivity contribution in [2.24, 2.45) is 0 Å². The molecule has 0 saturated carbocycles. The largest absolute Gasteiger partial charge is 0.433 e. The van der Waals surface area contributed by atoms with Gasteiger partial charge in [-0.05, 0) is 36.5 Å². The minimum Gasteiger partial charge on any atom is -0.353 e. The number of halogens is 3. The van der Waals surface area contributed by atoms with Gasteiger partial charge in [0.05, 0.1) is 4.92 Å². The van der Waals surface area contributed by atoms with E-state index in [0.717, 1.165) is 6.07 Å². The second-order valence-electron chi connectivity index (χ2n) is 6.09. The summed E-state index contributed by atoms with van der Waals surface area (Å²) < 4.78 is 38.5. The van der Waals surface area contributed by atoms with Crippen LogP contribution in [0.2, 0.25) is 0 Å². The van der Waals surface area contributed by atoms with Crippen LogP contribution in [0.3, 0.4) is 0 Å². The van der Waals surface area contributed by atoms with Gasteiger partial charge in [0.25, 0.3) is 5.69 Å². The molecular weight excluding hydrogens is 395 g/mol. The maximum absolute atomic E-state index is 12.8. The van der Waals surface area contributed by atoms with Crippen molar-refractivity contribution >= 4 is 34.5 Å². The van der Waals surface area contributed by atoms with Crippen molar-refractivity contribution in [3.63, 3.8) is 0 Å². The highest BCUT2D eigenvalue weighted by Gasteiger charge is 2.33. The Labute approximate surface area is 163 Å². The van der Waals surface area contributed by atoms with Crippen LogP contribution in [0.15, 0.2) is 42.5 Å². The van der Waals surface area contributed by atoms with Crippen LogP contribution in [0, 0.1) is 10.1 Å². The lowest BCUT2D eigenvalue weighted by Crippen LogP contribution is -2.50. The highest BCUT2D eigenvalue weighted by atomic mass is 32.1. The van der Waals surface area contributed by atoms with Crippen molar-refractivity contribution in [3.8, 4) is 0 Å². The number of nitrogens with one attached hydrogen (secondary N) is 1. The zero-order valence-corrected chi connectivity index (χ0v) is 15.3. The molecule has 0 bridgehead atoms. The van der Waals surface area contributed by atoms with Crippen LogP contribution < -0.4 is 10.2 Å². The van der Waals surface area contributed by atoms with Gasteiger partial charge in [-0.25, -0.2) is 4.98 Å². The third-order valence-corrected chi connectivity index (χ3v) is 4.61. The fraction of sp³-hybridized carbons (Fsp3) is 0.294. The molecule has 0 radical (unpaired) electrons. The number of piperazine rings is 1. The molecule has 1 aliphatic heterocycles. The van der Waals surface area contributed by atoms with Gasteiger partial charge >= 0.3 is 6.18 Å². The lowest BCUT2D eigenvalue weighted by molar-refractivity contribution is -0.384. The Kier molecular flexibility index (Phi) is 5.63. The number of rotatable bonds is 3. The molecule has 0 spiro atoms. The molecule has 0 atom stereocenters. The van der Waals surface area contributed by atoms with Crippen molar-refractivity contribution in [2.75, 3.05) is 36.4 Å². The van der Waals surface area contributed by atoms with E-state index in [0.29, 0.717) is 37.0 Å². The molecule has 1 saturated heterocycles. The highest BCUT2D eigenvalue weighted by Crippen LogP contribution is 2.29. The van der Waals surface area contributed by atoms with Crippen molar-refractivity contribution in [3.05, 3.63) is 58.3 Å². The van der Waals surface area contributed by atoms with E-state index in [1.807, 2.05) is 4.90 Å². The number of thiocarbonyl (C=S) groups is 1. The normalized spacial score (nSPS) is 14.7. The van der Waals surface area contributed by atoms with Crippen LogP contribution in [-0.4, -0.2) is 46.1 Å². The summed E-state index contributed by atoms with van der Waals surface area (Å²) >= 11 is 5.36. The summed E-state index contributed by atoms with van der Waals surface area (Å²) in [5.41, 5.74) is -0.306. The van der Waals surface area contributed by atoms with E-state index in [1.165, 1.54) is 18.2 Å². The summed E-state index contributed by atoms with van der Waals surface area (Å²) in [5, 5.41) is 14.1. The molecule has 3 rings (SSSR count). The topological polar surface area (TPSA) is 74.5 Å². The van der Waals surface area contributed by atoms with Crippen LogP contribution in [0.1, 0.15) is 5.69 Å². The Balaban J connectivity index is 1.57. The zero-order chi connectivity index (χ0) is 20.3. The van der Waals surface area contributed by atoms with Gasteiger partial charge in [0.1, 0.15) is 11.5 Å². The Morgan fingerprint density at radius 1 is 1.11 bits per heavy atom. The van der Waals surface area contributed by atoms with E-state index in [2.05, 4.69) is 10.3 Å². The van der Waals surface area contributed by atoms with Crippen LogP contribution in [0.4, 0.5) is 30.4 Å². The third kappa shape index (κ3) is 4.66. The van der Waals surface area contributed by atoms with Gasteiger partial charge in [-0.1, -0.05) is 6.07 Å². The number of nitro benzene ring substituents is 1. The fourth-order valence-corrected chi connectivity index (χ4v) is 3.07. The number of non-ortho nitro benzene ring substituents is 1. The first kappa shape index (κ1) is 19.8. The van der Waals surface area contributed by atoms with Crippen molar-refractivity contribution in [2.45, 2.75) is 6.18 Å². The maximum Gasteiger partial charge on any atom is 0.433 e. The van der Waals surface area contributed by atoms with Gasteiger partial charge in [-0.2, -0.15) is 13.2 Å². The number of anilines is 2. The lowest BCUT2D eigenvalue weighted by Gasteiger charge is -2.37. The van der Waals surface area contributed by atoms with Crippen molar-refractivity contribution < 1.29 is 18.1 Å². The lowest BCUT2D eigenvalue weighted by atomic mass is 10.2. The predicted molar refractivity (Wildman–Crippen MR) is 102 cm³/mol. The molecule has 0 amide bonds. The molecule has 11 heteroatoms. The number of aromatic nitrogens is 1. The number of nitrogens with zero attached hydrogens (tertiary/aromatic N) is 4. The zero-order valence-electron chi connectivity index (χ0n) is 14.5. The molecule has 28 heavy (non-hydrogen) atoms. The Morgan fingerprint density at radius 3 is 2.32 bits per heavy atom. The molecule has 1 aromatic carbocycles. The van der Waals surface area contributed by atoms with Crippen LogP contribution in [-0.2, 0) is 6.18 Å². The summed E-state index contributed by atoms with van der Waals surface area (Å²) in [7, 11) is 0. The molecule has 0 aliphatic carbocycles. The number of nitro groups is 1. The quantitative estimate of drug-likeness (QED) is 0.471. The van der Waals surface area contributed by atoms with E-state index in [4.69, 9.17) is 12.2 Å². The summed E-state index contributed by atoms with van der Waals surface area (Å²) in [5.74, 6) is 0.281. The molecule has 1 aliphatic rings. The molecule has 2 heterocycles. The van der Waals surface area contributed by atoms with Crippen molar-refractivity contribution in [1.82, 2.24) is 9.88 Å². The minimum absolute atomic E-state index is 0.0151. The molecule has 1 aromatic heterocycles. The molecular formula is C17H16F3N5O2S. The molecule has 148 valence electrons. The Bertz CT molecular complexity index is 868. The summed E-state index contributed by atoms with van der Waals surface area (Å²) in [6.07, 6.45) is -4.48. The van der Waals surface area contributed by atoms with Gasteiger partial charge in [-0.3, -0.25) is 10.1 Å². The number of hydrogen-bond donors (Lipinski definition) is 1. The molecule has 2 aromatic rings. The SMILES string of the molecule is O=[N+]([O-])c1ccc(NC(=S)N2CCN(c3cccc(C(F)(F)F)n3)CC2)cc1. The third-order valence-electron chi connectivity index (χ3n) is 4.25. The van der Waals surface area contributed by atoms with Crippen LogP contribution in [0.5, 0.6) is 0 Å². The highest BCUT2D eigenvalue weighted by molar-refractivity contribution is 7.80. The van der Waals surface area contributed by atoms with E-state index in [9.17, 15) is 23.3 Å². The Hall–Kier alpha value is -2.95. The van der Waals surface area contributed by atoms with Crippen LogP contribution in [0.25, 0.3) is 0 Å². The van der Waals surface area contributed by atoms with E-state index < -0.39 is 16.8 Å². The monoisotopic (exact) mass is 411 g/mol. The van der Waals surface area contributed by atoms with E-state index in [-0.39, 0.29) is 11.5 Å². The number of hydrogen-bond acceptors (Lipinski definition) is 5. The molecule has 1 fully saturated rings. The first-order chi connectivity index (χ1) is 13.2. The second kappa shape index (κ2) is 7.97. The van der Waals surface area contributed by atoms with E-state index in [1.54, 1.807) is 23.1 Å². The van der Waals surface area contributed by atoms with Gasteiger partial charge in [0.15, 0.2) is 5.11 Å². The minimum atomic E-state index is -4.48. The smallest absolute Gasteiger partial charge is 0.353 e. The molecule has 7 nitrogen and oxygen atoms in total. The van der Waals surface area contributed by atoms with Gasteiger partial charge in [-0.15, -0.1) is 0 Å². The summed E-state index contributed by atoms with van der Waals surface area (Å²) in [6.45, 7) is 1.96. The van der Waals surface area contributed by atoms with Crippen LogP contribution >= 0.6 is 12.2 Å². The van der Waals surface area contributed by atoms with E-state index >= 15 is 0 Å². The molecule has 0 unspecified atom stereocenters. The fourth-order valence-electron chi connectivity index (χ4n) is 2.76. The predicted octanol–water partition coefficient (Wildman–Crippen LogP) is 3.53. The van der Waals surface area contributed by atoms with Gasteiger partial charge in [0, 0.05) is 44.0 Å². The average Bonchev–Trinajstić information content (AvgIpc) is 2.68. The summed E-state index contributed by atoms with van der Waals surface area (Å²) in [6, 6.07) is 9.73. The first-order valence-electron chi connectivity index (χ1n) is 8.33. The Morgan fingerprint density at radius 2 is 1.75 bits per heavy atom. The number of alkyl halides is 3. The maximum atomic E-state index is 12.8. The number of pyridine rings is 1. The standard InChI is InChI=1S/C17H16F3N5O2S/c18-17(19,20)14-2-1-3-15(22-14)23-8-10-24(11-9-23)16(28)21-12-4-6-13(7-5-12)25(26)27/h1-7H,8-11H2,(H,21,28). The van der Waals surface area contributed by atoms with Gasteiger partial charge in [0.2, 0.25) is 0 Å². The first-order valence-corrected chi connectivity index (χ1v) is 8.74. The summed E-state index contributed by atoms with van der Waals surface area (Å²) in [4.78, 5) is 17.6. The second-order valence-corrected chi connectivity index (χ2v) is 6.47.